The van der Waals surface area contributed by atoms with Crippen molar-refractivity contribution in [3.8, 4) is 11.6 Å². The molecule has 0 bridgehead atoms. The molecular weight excluding hydrogens is 404 g/mol. The van der Waals surface area contributed by atoms with Gasteiger partial charge in [-0.2, -0.15) is 4.52 Å². The number of aromatic nitrogens is 3. The predicted octanol–water partition coefficient (Wildman–Crippen LogP) is 3.18. The number of rotatable bonds is 6. The maximum atomic E-state index is 12.1. The molecule has 3 heterocycles. The van der Waals surface area contributed by atoms with Gasteiger partial charge in [-0.05, 0) is 57.5 Å². The monoisotopic (exact) mass is 430 g/mol. The lowest BCUT2D eigenvalue weighted by Crippen LogP contribution is -2.39. The zero-order valence-electron chi connectivity index (χ0n) is 17.4. The quantitative estimate of drug-likeness (QED) is 0.601. The van der Waals surface area contributed by atoms with E-state index in [1.54, 1.807) is 14.0 Å². The first-order valence-electron chi connectivity index (χ1n) is 10.1. The summed E-state index contributed by atoms with van der Waals surface area (Å²) in [5, 5.41) is 15.2. The number of fused-ring (bicyclic) bond motifs is 1. The Balaban J connectivity index is 1.66. The average Bonchev–Trinajstić information content (AvgIpc) is 3.26. The highest BCUT2D eigenvalue weighted by Gasteiger charge is 2.34. The number of likely N-dealkylation sites (tertiary alicyclic amines) is 1. The molecular formula is C21H26N4O4S. The van der Waals surface area contributed by atoms with Crippen LogP contribution in [0.15, 0.2) is 24.3 Å². The second-order valence-electron chi connectivity index (χ2n) is 7.38. The summed E-state index contributed by atoms with van der Waals surface area (Å²) in [7, 11) is 1.64. The molecule has 2 aromatic heterocycles. The smallest absolute Gasteiger partial charge is 0.309 e. The number of aryl methyl sites for hydroxylation is 1. The van der Waals surface area contributed by atoms with E-state index in [1.807, 2.05) is 31.2 Å². The SMILES string of the molecule is CCOC(=O)C1CCN([C@@H](c2ccc(OC)cc2)c2sc3nc(C)nn3c2O)CC1. The maximum Gasteiger partial charge on any atom is 0.309 e. The number of thiazole rings is 1. The van der Waals surface area contributed by atoms with Gasteiger partial charge in [0.2, 0.25) is 10.8 Å². The van der Waals surface area contributed by atoms with Crippen molar-refractivity contribution in [2.24, 2.45) is 5.92 Å². The van der Waals surface area contributed by atoms with Crippen LogP contribution in [0.3, 0.4) is 0 Å². The van der Waals surface area contributed by atoms with E-state index < -0.39 is 0 Å². The van der Waals surface area contributed by atoms with Crippen LogP contribution in [0, 0.1) is 12.8 Å². The molecule has 0 unspecified atom stereocenters. The molecule has 1 N–H and O–H groups in total. The van der Waals surface area contributed by atoms with Gasteiger partial charge in [0.25, 0.3) is 0 Å². The molecule has 1 saturated heterocycles. The van der Waals surface area contributed by atoms with Crippen LogP contribution in [0.2, 0.25) is 0 Å². The lowest BCUT2D eigenvalue weighted by Gasteiger charge is -2.36. The van der Waals surface area contributed by atoms with Crippen molar-refractivity contribution in [1.29, 1.82) is 0 Å². The molecule has 1 fully saturated rings. The third-order valence-electron chi connectivity index (χ3n) is 5.50. The zero-order chi connectivity index (χ0) is 21.3. The standard InChI is InChI=1S/C21H26N4O4S/c1-4-29-20(27)15-9-11-24(12-10-15)17(14-5-7-16(28-3)8-6-14)18-19(26)25-21(30-18)22-13(2)23-25/h5-8,15,17,26H,4,9-12H2,1-3H3/t17-/m0/s1. The van der Waals surface area contributed by atoms with Crippen LogP contribution in [0.4, 0.5) is 0 Å². The van der Waals surface area contributed by atoms with Gasteiger partial charge in [0.15, 0.2) is 0 Å². The molecule has 0 saturated carbocycles. The lowest BCUT2D eigenvalue weighted by molar-refractivity contribution is -0.149. The molecule has 0 spiro atoms. The first-order valence-corrected chi connectivity index (χ1v) is 10.9. The minimum absolute atomic E-state index is 0.0729. The van der Waals surface area contributed by atoms with Gasteiger partial charge in [-0.25, -0.2) is 4.98 Å². The number of aromatic hydroxyl groups is 1. The topological polar surface area (TPSA) is 89.2 Å². The highest BCUT2D eigenvalue weighted by atomic mass is 32.1. The van der Waals surface area contributed by atoms with Crippen molar-refractivity contribution < 1.29 is 19.4 Å². The van der Waals surface area contributed by atoms with E-state index in [9.17, 15) is 9.90 Å². The van der Waals surface area contributed by atoms with Gasteiger partial charge < -0.3 is 14.6 Å². The van der Waals surface area contributed by atoms with Crippen LogP contribution < -0.4 is 4.74 Å². The number of hydrogen-bond acceptors (Lipinski definition) is 8. The first kappa shape index (κ1) is 20.6. The molecule has 0 aliphatic carbocycles. The van der Waals surface area contributed by atoms with Gasteiger partial charge >= 0.3 is 5.97 Å². The normalized spacial score (nSPS) is 16.6. The van der Waals surface area contributed by atoms with E-state index in [1.165, 1.54) is 15.9 Å². The molecule has 0 amide bonds. The number of ether oxygens (including phenoxy) is 2. The molecule has 1 aliphatic rings. The Labute approximate surface area is 179 Å². The second kappa shape index (κ2) is 8.61. The second-order valence-corrected chi connectivity index (χ2v) is 8.39. The summed E-state index contributed by atoms with van der Waals surface area (Å²) >= 11 is 1.44. The Morgan fingerprint density at radius 1 is 1.30 bits per heavy atom. The lowest BCUT2D eigenvalue weighted by atomic mass is 9.93. The fraction of sp³-hybridized carbons (Fsp3) is 0.476. The summed E-state index contributed by atoms with van der Waals surface area (Å²) in [6.07, 6.45) is 1.46. The minimum Gasteiger partial charge on any atom is -0.497 e. The van der Waals surface area contributed by atoms with Crippen LogP contribution in [0.1, 0.15) is 42.1 Å². The summed E-state index contributed by atoms with van der Waals surface area (Å²) in [6, 6.07) is 7.72. The fourth-order valence-electron chi connectivity index (χ4n) is 3.99. The number of esters is 1. The van der Waals surface area contributed by atoms with Crippen LogP contribution in [0.5, 0.6) is 11.6 Å². The Morgan fingerprint density at radius 2 is 2.00 bits per heavy atom. The number of nitrogens with zero attached hydrogens (tertiary/aromatic N) is 4. The van der Waals surface area contributed by atoms with Crippen molar-refractivity contribution in [2.75, 3.05) is 26.8 Å². The van der Waals surface area contributed by atoms with Crippen LogP contribution in [-0.2, 0) is 9.53 Å². The summed E-state index contributed by atoms with van der Waals surface area (Å²) in [6.45, 7) is 5.50. The van der Waals surface area contributed by atoms with E-state index in [-0.39, 0.29) is 23.8 Å². The molecule has 8 nitrogen and oxygen atoms in total. The summed E-state index contributed by atoms with van der Waals surface area (Å²) in [5.74, 6) is 1.33. The third kappa shape index (κ3) is 3.87. The highest BCUT2D eigenvalue weighted by Crippen LogP contribution is 2.41. The molecule has 1 atom stereocenters. The maximum absolute atomic E-state index is 12.1. The molecule has 3 aromatic rings. The Kier molecular flexibility index (Phi) is 5.92. The number of carbonyl (C=O) groups excluding carboxylic acids is 1. The molecule has 1 aliphatic heterocycles. The summed E-state index contributed by atoms with van der Waals surface area (Å²) < 4.78 is 12.0. The van der Waals surface area contributed by atoms with Crippen molar-refractivity contribution in [3.05, 3.63) is 40.5 Å². The Hall–Kier alpha value is -2.65. The number of methoxy groups -OCH3 is 1. The van der Waals surface area contributed by atoms with E-state index in [0.717, 1.165) is 42.1 Å². The Morgan fingerprint density at radius 3 is 2.60 bits per heavy atom. The molecule has 1 aromatic carbocycles. The van der Waals surface area contributed by atoms with Crippen molar-refractivity contribution in [1.82, 2.24) is 19.5 Å². The summed E-state index contributed by atoms with van der Waals surface area (Å²) in [5.41, 5.74) is 1.04. The van der Waals surface area contributed by atoms with Crippen LogP contribution in [-0.4, -0.2) is 57.4 Å². The molecule has 9 heteroatoms. The van der Waals surface area contributed by atoms with E-state index in [2.05, 4.69) is 15.0 Å². The van der Waals surface area contributed by atoms with Gasteiger partial charge in [-0.3, -0.25) is 9.69 Å². The summed E-state index contributed by atoms with van der Waals surface area (Å²) in [4.78, 5) is 20.3. The zero-order valence-corrected chi connectivity index (χ0v) is 18.2. The highest BCUT2D eigenvalue weighted by molar-refractivity contribution is 7.17. The number of hydrogen-bond donors (Lipinski definition) is 1. The molecule has 160 valence electrons. The fourth-order valence-corrected chi connectivity index (χ4v) is 5.16. The van der Waals surface area contributed by atoms with E-state index in [0.29, 0.717) is 17.4 Å². The van der Waals surface area contributed by atoms with Gasteiger partial charge in [0, 0.05) is 0 Å². The van der Waals surface area contributed by atoms with Gasteiger partial charge in [-0.1, -0.05) is 23.5 Å². The van der Waals surface area contributed by atoms with Crippen molar-refractivity contribution in [3.63, 3.8) is 0 Å². The number of piperidine rings is 1. The van der Waals surface area contributed by atoms with Crippen LogP contribution >= 0.6 is 11.3 Å². The third-order valence-corrected chi connectivity index (χ3v) is 6.57. The number of carbonyl (C=O) groups is 1. The van der Waals surface area contributed by atoms with Crippen LogP contribution in [0.25, 0.3) is 4.96 Å². The van der Waals surface area contributed by atoms with Crippen molar-refractivity contribution in [2.45, 2.75) is 32.7 Å². The van der Waals surface area contributed by atoms with Crippen molar-refractivity contribution >= 4 is 22.3 Å². The van der Waals surface area contributed by atoms with Gasteiger partial charge in [0.1, 0.15) is 11.6 Å². The predicted molar refractivity (Wildman–Crippen MR) is 113 cm³/mol. The average molecular weight is 431 g/mol. The minimum atomic E-state index is -0.159. The van der Waals surface area contributed by atoms with Gasteiger partial charge in [0.05, 0.1) is 30.6 Å². The largest absolute Gasteiger partial charge is 0.497 e. The first-order chi connectivity index (χ1) is 14.5. The van der Waals surface area contributed by atoms with E-state index in [4.69, 9.17) is 9.47 Å². The van der Waals surface area contributed by atoms with Gasteiger partial charge in [-0.15, -0.1) is 5.10 Å². The molecule has 30 heavy (non-hydrogen) atoms. The number of benzene rings is 1. The van der Waals surface area contributed by atoms with E-state index >= 15 is 0 Å². The molecule has 4 rings (SSSR count). The molecule has 0 radical (unpaired) electrons. The Bertz CT molecular complexity index is 1020.